The number of thiazole rings is 1. The van der Waals surface area contributed by atoms with Gasteiger partial charge in [0, 0.05) is 10.9 Å². The molecule has 0 saturated heterocycles. The predicted molar refractivity (Wildman–Crippen MR) is 113 cm³/mol. The minimum absolute atomic E-state index is 0.0848. The molecule has 1 aromatic heterocycles. The van der Waals surface area contributed by atoms with Gasteiger partial charge in [-0.15, -0.1) is 11.3 Å². The number of benzene rings is 3. The summed E-state index contributed by atoms with van der Waals surface area (Å²) in [5.41, 5.74) is 0.247. The summed E-state index contributed by atoms with van der Waals surface area (Å²) in [5.74, 6) is -1.10. The van der Waals surface area contributed by atoms with E-state index < -0.39 is 11.6 Å². The SMILES string of the molecule is O=C(OCc1csc(-c2ccc(F)cc2)n1)C(O)(c1ccccc1)c1ccccc1. The molecule has 150 valence electrons. The van der Waals surface area contributed by atoms with Crippen LogP contribution in [-0.2, 0) is 21.7 Å². The summed E-state index contributed by atoms with van der Waals surface area (Å²) in [6.45, 7) is -0.0848. The largest absolute Gasteiger partial charge is 0.456 e. The summed E-state index contributed by atoms with van der Waals surface area (Å²) in [6, 6.07) is 23.4. The average molecular weight is 419 g/mol. The number of rotatable bonds is 6. The highest BCUT2D eigenvalue weighted by Gasteiger charge is 2.41. The quantitative estimate of drug-likeness (QED) is 0.450. The maximum Gasteiger partial charge on any atom is 0.348 e. The molecule has 0 spiro atoms. The van der Waals surface area contributed by atoms with Crippen molar-refractivity contribution in [3.63, 3.8) is 0 Å². The molecule has 0 unspecified atom stereocenters. The number of hydrogen-bond donors (Lipinski definition) is 1. The van der Waals surface area contributed by atoms with Crippen molar-refractivity contribution in [1.29, 1.82) is 0 Å². The Morgan fingerprint density at radius 2 is 1.50 bits per heavy atom. The van der Waals surface area contributed by atoms with E-state index in [1.807, 2.05) is 12.1 Å². The zero-order valence-electron chi connectivity index (χ0n) is 15.9. The van der Waals surface area contributed by atoms with Crippen molar-refractivity contribution >= 4 is 17.3 Å². The first kappa shape index (κ1) is 19.9. The molecular formula is C24H18FNO3S. The predicted octanol–water partition coefficient (Wildman–Crippen LogP) is 4.93. The molecule has 1 N–H and O–H groups in total. The third-order valence-corrected chi connectivity index (χ3v) is 5.61. The van der Waals surface area contributed by atoms with Gasteiger partial charge < -0.3 is 9.84 Å². The number of nitrogens with zero attached hydrogens (tertiary/aromatic N) is 1. The molecule has 0 fully saturated rings. The Balaban J connectivity index is 1.55. The highest BCUT2D eigenvalue weighted by Crippen LogP contribution is 2.31. The molecule has 0 aliphatic rings. The van der Waals surface area contributed by atoms with Crippen LogP contribution in [0.1, 0.15) is 16.8 Å². The Hall–Kier alpha value is -3.35. The van der Waals surface area contributed by atoms with Crippen LogP contribution >= 0.6 is 11.3 Å². The smallest absolute Gasteiger partial charge is 0.348 e. The highest BCUT2D eigenvalue weighted by atomic mass is 32.1. The minimum atomic E-state index is -1.93. The van der Waals surface area contributed by atoms with Gasteiger partial charge in [-0.2, -0.15) is 0 Å². The van der Waals surface area contributed by atoms with Gasteiger partial charge >= 0.3 is 5.97 Å². The second kappa shape index (κ2) is 8.57. The van der Waals surface area contributed by atoms with E-state index in [-0.39, 0.29) is 12.4 Å². The lowest BCUT2D eigenvalue weighted by Crippen LogP contribution is -2.38. The summed E-state index contributed by atoms with van der Waals surface area (Å²) >= 11 is 1.37. The van der Waals surface area contributed by atoms with E-state index in [0.29, 0.717) is 21.8 Å². The zero-order valence-corrected chi connectivity index (χ0v) is 16.7. The van der Waals surface area contributed by atoms with Crippen LogP contribution in [0.2, 0.25) is 0 Å². The minimum Gasteiger partial charge on any atom is -0.456 e. The van der Waals surface area contributed by atoms with E-state index in [1.165, 1.54) is 23.5 Å². The molecule has 0 aliphatic carbocycles. The summed E-state index contributed by atoms with van der Waals surface area (Å²) in [5, 5.41) is 13.9. The van der Waals surface area contributed by atoms with Gasteiger partial charge in [0.25, 0.3) is 0 Å². The van der Waals surface area contributed by atoms with Crippen LogP contribution in [0.15, 0.2) is 90.3 Å². The van der Waals surface area contributed by atoms with Gasteiger partial charge in [0.2, 0.25) is 5.60 Å². The van der Waals surface area contributed by atoms with Crippen molar-refractivity contribution in [2.45, 2.75) is 12.2 Å². The van der Waals surface area contributed by atoms with Crippen LogP contribution in [0, 0.1) is 5.82 Å². The van der Waals surface area contributed by atoms with E-state index in [2.05, 4.69) is 4.98 Å². The van der Waals surface area contributed by atoms with Crippen LogP contribution in [0.3, 0.4) is 0 Å². The molecular weight excluding hydrogens is 401 g/mol. The fourth-order valence-electron chi connectivity index (χ4n) is 3.10. The topological polar surface area (TPSA) is 59.4 Å². The fraction of sp³-hybridized carbons (Fsp3) is 0.0833. The molecule has 30 heavy (non-hydrogen) atoms. The Kier molecular flexibility index (Phi) is 5.70. The summed E-state index contributed by atoms with van der Waals surface area (Å²) in [7, 11) is 0. The molecule has 4 nitrogen and oxygen atoms in total. The Labute approximate surface area is 177 Å². The lowest BCUT2D eigenvalue weighted by molar-refractivity contribution is -0.163. The Morgan fingerprint density at radius 1 is 0.933 bits per heavy atom. The number of carbonyl (C=O) groups excluding carboxylic acids is 1. The Morgan fingerprint density at radius 3 is 2.07 bits per heavy atom. The first-order valence-corrected chi connectivity index (χ1v) is 10.2. The molecule has 1 heterocycles. The van der Waals surface area contributed by atoms with E-state index >= 15 is 0 Å². The number of aliphatic hydroxyl groups is 1. The van der Waals surface area contributed by atoms with Crippen LogP contribution in [-0.4, -0.2) is 16.1 Å². The number of halogens is 1. The standard InChI is InChI=1S/C24H18FNO3S/c25-20-13-11-17(12-14-20)22-26-21(16-30-22)15-29-23(27)24(28,18-7-3-1-4-8-18)19-9-5-2-6-10-19/h1-14,16,28H,15H2. The fourth-order valence-corrected chi connectivity index (χ4v) is 3.91. The van der Waals surface area contributed by atoms with Crippen molar-refractivity contribution in [1.82, 2.24) is 4.98 Å². The van der Waals surface area contributed by atoms with E-state index in [9.17, 15) is 14.3 Å². The number of ether oxygens (including phenoxy) is 1. The zero-order chi connectivity index (χ0) is 21.0. The summed E-state index contributed by atoms with van der Waals surface area (Å²) < 4.78 is 18.6. The van der Waals surface area contributed by atoms with Gasteiger partial charge in [-0.05, 0) is 35.4 Å². The lowest BCUT2D eigenvalue weighted by atomic mass is 9.86. The molecule has 0 amide bonds. The van der Waals surface area contributed by atoms with Gasteiger partial charge in [-0.3, -0.25) is 0 Å². The van der Waals surface area contributed by atoms with E-state index in [1.54, 1.807) is 66.0 Å². The lowest BCUT2D eigenvalue weighted by Gasteiger charge is -2.26. The number of carbonyl (C=O) groups is 1. The van der Waals surface area contributed by atoms with Gasteiger partial charge in [0.1, 0.15) is 17.4 Å². The maximum atomic E-state index is 13.1. The maximum absolute atomic E-state index is 13.1. The van der Waals surface area contributed by atoms with Gasteiger partial charge in [-0.25, -0.2) is 14.2 Å². The summed E-state index contributed by atoms with van der Waals surface area (Å²) in [6.07, 6.45) is 0. The Bertz CT molecular complexity index is 1090. The molecule has 0 aliphatic heterocycles. The molecule has 0 bridgehead atoms. The highest BCUT2D eigenvalue weighted by molar-refractivity contribution is 7.13. The van der Waals surface area contributed by atoms with Crippen molar-refractivity contribution in [2.24, 2.45) is 0 Å². The molecule has 4 rings (SSSR count). The third kappa shape index (κ3) is 4.01. The molecule has 6 heteroatoms. The van der Waals surface area contributed by atoms with Gasteiger partial charge in [0.15, 0.2) is 0 Å². The van der Waals surface area contributed by atoms with Crippen molar-refractivity contribution in [2.75, 3.05) is 0 Å². The third-order valence-electron chi connectivity index (χ3n) is 4.67. The monoisotopic (exact) mass is 419 g/mol. The molecule has 3 aromatic carbocycles. The molecule has 0 radical (unpaired) electrons. The van der Waals surface area contributed by atoms with E-state index in [0.717, 1.165) is 5.56 Å². The first-order valence-electron chi connectivity index (χ1n) is 9.28. The van der Waals surface area contributed by atoms with Gasteiger partial charge in [-0.1, -0.05) is 60.7 Å². The summed E-state index contributed by atoms with van der Waals surface area (Å²) in [4.78, 5) is 17.5. The number of esters is 1. The second-order valence-corrected chi connectivity index (χ2v) is 7.53. The van der Waals surface area contributed by atoms with Crippen molar-refractivity contribution in [3.05, 3.63) is 113 Å². The van der Waals surface area contributed by atoms with Crippen LogP contribution in [0.5, 0.6) is 0 Å². The van der Waals surface area contributed by atoms with Crippen molar-refractivity contribution < 1.29 is 19.0 Å². The van der Waals surface area contributed by atoms with Crippen molar-refractivity contribution in [3.8, 4) is 10.6 Å². The van der Waals surface area contributed by atoms with Crippen LogP contribution in [0.25, 0.3) is 10.6 Å². The molecule has 0 atom stereocenters. The number of hydrogen-bond acceptors (Lipinski definition) is 5. The number of aromatic nitrogens is 1. The van der Waals surface area contributed by atoms with Gasteiger partial charge in [0.05, 0.1) is 5.69 Å². The van der Waals surface area contributed by atoms with E-state index in [4.69, 9.17) is 4.74 Å². The average Bonchev–Trinajstić information content (AvgIpc) is 3.27. The molecule has 0 saturated carbocycles. The van der Waals surface area contributed by atoms with Crippen LogP contribution < -0.4 is 0 Å². The van der Waals surface area contributed by atoms with Crippen LogP contribution in [0.4, 0.5) is 4.39 Å². The second-order valence-electron chi connectivity index (χ2n) is 6.67. The normalized spacial score (nSPS) is 11.3. The molecule has 4 aromatic rings. The first-order chi connectivity index (χ1) is 14.6.